The van der Waals surface area contributed by atoms with Crippen molar-refractivity contribution in [3.8, 4) is 0 Å². The summed E-state index contributed by atoms with van der Waals surface area (Å²) in [5.74, 6) is -0.0596. The van der Waals surface area contributed by atoms with Gasteiger partial charge in [-0.25, -0.2) is 9.97 Å². The Morgan fingerprint density at radius 1 is 1.47 bits per heavy atom. The van der Waals surface area contributed by atoms with Gasteiger partial charge in [-0.3, -0.25) is 4.79 Å². The number of hydrogen-bond donors (Lipinski definition) is 2. The van der Waals surface area contributed by atoms with Gasteiger partial charge in [0.05, 0.1) is 10.0 Å². The zero-order chi connectivity index (χ0) is 13.8. The second-order valence-electron chi connectivity index (χ2n) is 3.96. The molecular formula is C12H13ClN4OS. The number of nitrogens with one attached hydrogen (secondary N) is 1. The number of anilines is 1. The van der Waals surface area contributed by atoms with Crippen molar-refractivity contribution < 1.29 is 4.79 Å². The van der Waals surface area contributed by atoms with E-state index in [-0.39, 0.29) is 22.4 Å². The third-order valence-electron chi connectivity index (χ3n) is 2.37. The minimum Gasteiger partial charge on any atom is -0.384 e. The molecule has 5 nitrogen and oxygen atoms in total. The third-order valence-corrected chi connectivity index (χ3v) is 3.71. The molecule has 2 rings (SSSR count). The molecule has 2 aromatic rings. The maximum atomic E-state index is 11.9. The van der Waals surface area contributed by atoms with Gasteiger partial charge in [0.2, 0.25) is 0 Å². The van der Waals surface area contributed by atoms with Crippen LogP contribution in [0.2, 0.25) is 5.02 Å². The predicted octanol–water partition coefficient (Wildman–Crippen LogP) is 2.05. The van der Waals surface area contributed by atoms with Gasteiger partial charge in [-0.1, -0.05) is 11.6 Å². The largest absolute Gasteiger partial charge is 0.384 e. The molecule has 0 aliphatic carbocycles. The Morgan fingerprint density at radius 3 is 2.95 bits per heavy atom. The minimum atomic E-state index is -0.328. The van der Waals surface area contributed by atoms with Crippen molar-refractivity contribution in [1.82, 2.24) is 15.3 Å². The van der Waals surface area contributed by atoms with Gasteiger partial charge in [0.1, 0.15) is 11.5 Å². The summed E-state index contributed by atoms with van der Waals surface area (Å²) in [5, 5.41) is 6.01. The Morgan fingerprint density at radius 2 is 2.26 bits per heavy atom. The lowest BCUT2D eigenvalue weighted by atomic mass is 10.3. The number of carbonyl (C=O) groups is 1. The Kier molecular flexibility index (Phi) is 4.34. The Balaban J connectivity index is 1.92. The van der Waals surface area contributed by atoms with Crippen LogP contribution in [0.1, 0.15) is 21.2 Å². The van der Waals surface area contributed by atoms with E-state index >= 15 is 0 Å². The van der Waals surface area contributed by atoms with E-state index in [0.29, 0.717) is 13.0 Å². The van der Waals surface area contributed by atoms with Gasteiger partial charge < -0.3 is 11.1 Å². The van der Waals surface area contributed by atoms with E-state index in [1.165, 1.54) is 0 Å². The second kappa shape index (κ2) is 5.99. The molecule has 2 heterocycles. The van der Waals surface area contributed by atoms with E-state index in [0.717, 1.165) is 10.7 Å². The molecule has 0 unspecified atom stereocenters. The summed E-state index contributed by atoms with van der Waals surface area (Å²) in [4.78, 5) is 20.1. The standard InChI is InChI=1S/C12H13ClN4OS/c1-7-6-19-10(16-7)4-5-15-12(18)11-8(13)2-3-9(14)17-11/h2-3,6H,4-5H2,1H3,(H2,14,17)(H,15,18). The molecule has 1 amide bonds. The average molecular weight is 297 g/mol. The third kappa shape index (κ3) is 3.65. The lowest BCUT2D eigenvalue weighted by Gasteiger charge is -2.05. The molecule has 0 fully saturated rings. The molecular weight excluding hydrogens is 284 g/mol. The van der Waals surface area contributed by atoms with Crippen LogP contribution in [0.25, 0.3) is 0 Å². The number of nitrogens with zero attached hydrogens (tertiary/aromatic N) is 2. The maximum Gasteiger partial charge on any atom is 0.271 e. The monoisotopic (exact) mass is 296 g/mol. The van der Waals surface area contributed by atoms with Crippen LogP contribution in [0.4, 0.5) is 5.82 Å². The quantitative estimate of drug-likeness (QED) is 0.905. The van der Waals surface area contributed by atoms with E-state index in [4.69, 9.17) is 17.3 Å². The van der Waals surface area contributed by atoms with Crippen molar-refractivity contribution in [2.24, 2.45) is 0 Å². The van der Waals surface area contributed by atoms with Gasteiger partial charge in [-0.15, -0.1) is 11.3 Å². The van der Waals surface area contributed by atoms with E-state index in [2.05, 4.69) is 15.3 Å². The highest BCUT2D eigenvalue weighted by atomic mass is 35.5. The number of thiazole rings is 1. The number of nitrogens with two attached hydrogens (primary N) is 1. The zero-order valence-electron chi connectivity index (χ0n) is 10.3. The summed E-state index contributed by atoms with van der Waals surface area (Å²) >= 11 is 7.48. The van der Waals surface area contributed by atoms with Gasteiger partial charge in [0.15, 0.2) is 0 Å². The van der Waals surface area contributed by atoms with Crippen LogP contribution in [0.15, 0.2) is 17.5 Å². The Bertz CT molecular complexity index is 599. The van der Waals surface area contributed by atoms with Crippen LogP contribution < -0.4 is 11.1 Å². The van der Waals surface area contributed by atoms with Crippen LogP contribution in [0.3, 0.4) is 0 Å². The SMILES string of the molecule is Cc1csc(CCNC(=O)c2nc(N)ccc2Cl)n1. The normalized spacial score (nSPS) is 10.4. The van der Waals surface area contributed by atoms with Crippen molar-refractivity contribution in [3.63, 3.8) is 0 Å². The number of amides is 1. The number of halogens is 1. The number of nitrogen functional groups attached to an aromatic ring is 1. The van der Waals surface area contributed by atoms with E-state index < -0.39 is 0 Å². The number of aryl methyl sites for hydroxylation is 1. The number of rotatable bonds is 4. The van der Waals surface area contributed by atoms with Gasteiger partial charge in [-0.2, -0.15) is 0 Å². The molecule has 3 N–H and O–H groups in total. The van der Waals surface area contributed by atoms with E-state index in [9.17, 15) is 4.79 Å². The summed E-state index contributed by atoms with van der Waals surface area (Å²) in [6.07, 6.45) is 0.685. The first-order chi connectivity index (χ1) is 9.06. The number of pyridine rings is 1. The summed E-state index contributed by atoms with van der Waals surface area (Å²) in [6.45, 7) is 2.42. The molecule has 0 aliphatic rings. The van der Waals surface area contributed by atoms with E-state index in [1.54, 1.807) is 23.5 Å². The number of hydrogen-bond acceptors (Lipinski definition) is 5. The minimum absolute atomic E-state index is 0.150. The number of aromatic nitrogens is 2. The molecule has 0 radical (unpaired) electrons. The topological polar surface area (TPSA) is 80.9 Å². The molecule has 0 spiro atoms. The first kappa shape index (κ1) is 13.8. The molecule has 100 valence electrons. The molecule has 0 aliphatic heterocycles. The van der Waals surface area contributed by atoms with Crippen molar-refractivity contribution in [2.75, 3.05) is 12.3 Å². The highest BCUT2D eigenvalue weighted by Crippen LogP contribution is 2.15. The Labute approximate surface area is 119 Å². The highest BCUT2D eigenvalue weighted by molar-refractivity contribution is 7.09. The average Bonchev–Trinajstić information content (AvgIpc) is 2.78. The number of carbonyl (C=O) groups excluding carboxylic acids is 1. The smallest absolute Gasteiger partial charge is 0.271 e. The fourth-order valence-electron chi connectivity index (χ4n) is 1.50. The van der Waals surface area contributed by atoms with Crippen LogP contribution in [-0.2, 0) is 6.42 Å². The molecule has 7 heteroatoms. The second-order valence-corrected chi connectivity index (χ2v) is 5.30. The van der Waals surface area contributed by atoms with E-state index in [1.807, 2.05) is 12.3 Å². The Hall–Kier alpha value is -1.66. The van der Waals surface area contributed by atoms with Gasteiger partial charge >= 0.3 is 0 Å². The predicted molar refractivity (Wildman–Crippen MR) is 76.5 cm³/mol. The van der Waals surface area contributed by atoms with Gasteiger partial charge in [0.25, 0.3) is 5.91 Å². The molecule has 0 atom stereocenters. The maximum absolute atomic E-state index is 11.9. The summed E-state index contributed by atoms with van der Waals surface area (Å²) in [7, 11) is 0. The summed E-state index contributed by atoms with van der Waals surface area (Å²) in [6, 6.07) is 3.11. The molecule has 2 aromatic heterocycles. The molecule has 0 saturated carbocycles. The van der Waals surface area contributed by atoms with Gasteiger partial charge in [0, 0.05) is 24.0 Å². The first-order valence-corrected chi connectivity index (χ1v) is 6.93. The molecule has 0 saturated heterocycles. The lowest BCUT2D eigenvalue weighted by Crippen LogP contribution is -2.27. The van der Waals surface area contributed by atoms with Crippen molar-refractivity contribution in [2.45, 2.75) is 13.3 Å². The fraction of sp³-hybridized carbons (Fsp3) is 0.250. The molecule has 0 aromatic carbocycles. The summed E-state index contributed by atoms with van der Waals surface area (Å²) in [5.41, 5.74) is 6.67. The fourth-order valence-corrected chi connectivity index (χ4v) is 2.47. The van der Waals surface area contributed by atoms with Crippen molar-refractivity contribution >= 4 is 34.7 Å². The van der Waals surface area contributed by atoms with Crippen LogP contribution >= 0.6 is 22.9 Å². The van der Waals surface area contributed by atoms with Crippen LogP contribution in [0, 0.1) is 6.92 Å². The molecule has 0 bridgehead atoms. The zero-order valence-corrected chi connectivity index (χ0v) is 11.9. The first-order valence-electron chi connectivity index (χ1n) is 5.67. The highest BCUT2D eigenvalue weighted by Gasteiger charge is 2.12. The van der Waals surface area contributed by atoms with Gasteiger partial charge in [-0.05, 0) is 19.1 Å². The van der Waals surface area contributed by atoms with Crippen molar-refractivity contribution in [3.05, 3.63) is 38.9 Å². The van der Waals surface area contributed by atoms with Crippen molar-refractivity contribution in [1.29, 1.82) is 0 Å². The van der Waals surface area contributed by atoms with Crippen LogP contribution in [-0.4, -0.2) is 22.4 Å². The van der Waals surface area contributed by atoms with Crippen LogP contribution in [0.5, 0.6) is 0 Å². The summed E-state index contributed by atoms with van der Waals surface area (Å²) < 4.78 is 0. The lowest BCUT2D eigenvalue weighted by molar-refractivity contribution is 0.0949. The molecule has 19 heavy (non-hydrogen) atoms.